The summed E-state index contributed by atoms with van der Waals surface area (Å²) >= 11 is 0. The maximum Gasteiger partial charge on any atom is 0.120 e. The average Bonchev–Trinajstić information content (AvgIpc) is 2.54. The van der Waals surface area contributed by atoms with E-state index in [0.29, 0.717) is 0 Å². The molecule has 0 spiro atoms. The molecule has 2 nitrogen and oxygen atoms in total. The van der Waals surface area contributed by atoms with Gasteiger partial charge in [0.25, 0.3) is 0 Å². The van der Waals surface area contributed by atoms with Crippen molar-refractivity contribution in [2.45, 2.75) is 6.92 Å². The lowest BCUT2D eigenvalue weighted by Gasteiger charge is -1.96. The number of hydrogen-bond donors (Lipinski definition) is 0. The van der Waals surface area contributed by atoms with E-state index in [1.54, 1.807) is 0 Å². The molecule has 2 rings (SSSR count). The van der Waals surface area contributed by atoms with Crippen LogP contribution >= 0.6 is 0 Å². The van der Waals surface area contributed by atoms with E-state index in [4.69, 9.17) is 0 Å². The van der Waals surface area contributed by atoms with E-state index in [9.17, 15) is 0 Å². The fourth-order valence-electron chi connectivity index (χ4n) is 1.24. The fraction of sp³-hybridized carbons (Fsp3) is 0.200. The largest absolute Gasteiger partial charge is 0.264 e. The lowest BCUT2D eigenvalue weighted by molar-refractivity contribution is 1.33. The van der Waals surface area contributed by atoms with Crippen LogP contribution in [0.25, 0.3) is 0 Å². The van der Waals surface area contributed by atoms with Crippen molar-refractivity contribution in [3.05, 3.63) is 35.9 Å². The number of hydrogen-bond acceptors (Lipinski definition) is 2. The van der Waals surface area contributed by atoms with Crippen LogP contribution < -0.4 is 0 Å². The molecule has 12 heavy (non-hydrogen) atoms. The van der Waals surface area contributed by atoms with Crippen LogP contribution in [0.4, 0.5) is 0 Å². The molecule has 0 saturated carbocycles. The summed E-state index contributed by atoms with van der Waals surface area (Å²) in [5, 5.41) is 0. The van der Waals surface area contributed by atoms with Gasteiger partial charge in [0.05, 0.1) is 12.3 Å². The molecule has 0 aromatic heterocycles. The van der Waals surface area contributed by atoms with Crippen molar-refractivity contribution in [3.63, 3.8) is 0 Å². The smallest absolute Gasteiger partial charge is 0.120 e. The normalized spacial score (nSPS) is 15.8. The third kappa shape index (κ3) is 1.28. The van der Waals surface area contributed by atoms with Gasteiger partial charge in [-0.3, -0.25) is 4.99 Å². The number of nitrogens with zero attached hydrogens (tertiary/aromatic N) is 2. The lowest BCUT2D eigenvalue weighted by atomic mass is 10.1. The Morgan fingerprint density at radius 2 is 1.92 bits per heavy atom. The van der Waals surface area contributed by atoms with Gasteiger partial charge >= 0.3 is 0 Å². The third-order valence-electron chi connectivity index (χ3n) is 1.86. The molecular weight excluding hydrogens is 148 g/mol. The SMILES string of the molecule is CC1=NCC(c2ccccc2)=N1. The van der Waals surface area contributed by atoms with Crippen molar-refractivity contribution >= 4 is 11.5 Å². The first-order valence-corrected chi connectivity index (χ1v) is 4.00. The summed E-state index contributed by atoms with van der Waals surface area (Å²) in [5.41, 5.74) is 2.26. The Kier molecular flexibility index (Phi) is 1.74. The molecule has 0 unspecified atom stereocenters. The Labute approximate surface area is 71.7 Å². The van der Waals surface area contributed by atoms with Gasteiger partial charge in [-0.2, -0.15) is 0 Å². The Morgan fingerprint density at radius 3 is 2.50 bits per heavy atom. The molecule has 0 atom stereocenters. The van der Waals surface area contributed by atoms with Crippen LogP contribution in [-0.4, -0.2) is 18.1 Å². The molecule has 2 heteroatoms. The molecule has 1 aromatic rings. The molecule has 0 amide bonds. The fourth-order valence-corrected chi connectivity index (χ4v) is 1.24. The minimum absolute atomic E-state index is 0.732. The highest BCUT2D eigenvalue weighted by atomic mass is 15.0. The summed E-state index contributed by atoms with van der Waals surface area (Å²) < 4.78 is 0. The van der Waals surface area contributed by atoms with E-state index in [1.165, 1.54) is 5.56 Å². The summed E-state index contributed by atoms with van der Waals surface area (Å²) in [7, 11) is 0. The Morgan fingerprint density at radius 1 is 1.17 bits per heavy atom. The molecule has 0 N–H and O–H groups in total. The summed E-state index contributed by atoms with van der Waals surface area (Å²) in [6, 6.07) is 10.2. The number of aliphatic imine (C=N–C) groups is 2. The first-order chi connectivity index (χ1) is 5.86. The highest BCUT2D eigenvalue weighted by Crippen LogP contribution is 2.06. The molecule has 0 bridgehead atoms. The maximum atomic E-state index is 4.33. The number of amidine groups is 1. The number of benzene rings is 1. The van der Waals surface area contributed by atoms with E-state index < -0.39 is 0 Å². The van der Waals surface area contributed by atoms with Gasteiger partial charge in [-0.15, -0.1) is 0 Å². The second-order valence-electron chi connectivity index (χ2n) is 2.79. The highest BCUT2D eigenvalue weighted by molar-refractivity contribution is 6.11. The van der Waals surface area contributed by atoms with Gasteiger partial charge in [0.2, 0.25) is 0 Å². The zero-order valence-corrected chi connectivity index (χ0v) is 6.99. The monoisotopic (exact) mass is 158 g/mol. The Balaban J connectivity index is 2.30. The maximum absolute atomic E-state index is 4.33. The van der Waals surface area contributed by atoms with Crippen LogP contribution in [0.2, 0.25) is 0 Å². The quantitative estimate of drug-likeness (QED) is 0.596. The third-order valence-corrected chi connectivity index (χ3v) is 1.86. The first kappa shape index (κ1) is 7.22. The lowest BCUT2D eigenvalue weighted by Crippen LogP contribution is -2.00. The minimum Gasteiger partial charge on any atom is -0.264 e. The van der Waals surface area contributed by atoms with Crippen molar-refractivity contribution in [3.8, 4) is 0 Å². The van der Waals surface area contributed by atoms with E-state index >= 15 is 0 Å². The van der Waals surface area contributed by atoms with Gasteiger partial charge in [-0.25, -0.2) is 4.99 Å². The van der Waals surface area contributed by atoms with Gasteiger partial charge in [0.15, 0.2) is 0 Å². The van der Waals surface area contributed by atoms with Crippen molar-refractivity contribution in [1.82, 2.24) is 0 Å². The second kappa shape index (κ2) is 2.89. The van der Waals surface area contributed by atoms with E-state index in [-0.39, 0.29) is 0 Å². The Bertz CT molecular complexity index is 336. The zero-order valence-electron chi connectivity index (χ0n) is 6.99. The van der Waals surface area contributed by atoms with Crippen LogP contribution in [0.5, 0.6) is 0 Å². The molecule has 0 saturated heterocycles. The summed E-state index contributed by atoms with van der Waals surface area (Å²) in [4.78, 5) is 8.53. The molecule has 1 aromatic carbocycles. The van der Waals surface area contributed by atoms with Gasteiger partial charge in [0, 0.05) is 0 Å². The van der Waals surface area contributed by atoms with Crippen LogP contribution in [0.1, 0.15) is 12.5 Å². The predicted molar refractivity (Wildman–Crippen MR) is 51.0 cm³/mol. The van der Waals surface area contributed by atoms with E-state index in [0.717, 1.165) is 18.1 Å². The van der Waals surface area contributed by atoms with Gasteiger partial charge < -0.3 is 0 Å². The Hall–Kier alpha value is -1.44. The van der Waals surface area contributed by atoms with Crippen molar-refractivity contribution < 1.29 is 0 Å². The molecule has 1 aliphatic rings. The predicted octanol–water partition coefficient (Wildman–Crippen LogP) is 1.91. The molecule has 0 fully saturated rings. The summed E-state index contributed by atoms with van der Waals surface area (Å²) in [6.45, 7) is 2.66. The molecule has 60 valence electrons. The topological polar surface area (TPSA) is 24.7 Å². The van der Waals surface area contributed by atoms with Gasteiger partial charge in [-0.1, -0.05) is 30.3 Å². The van der Waals surface area contributed by atoms with Gasteiger partial charge in [0.1, 0.15) is 5.84 Å². The highest BCUT2D eigenvalue weighted by Gasteiger charge is 2.07. The van der Waals surface area contributed by atoms with Crippen LogP contribution in [-0.2, 0) is 0 Å². The standard InChI is InChI=1S/C10H10N2/c1-8-11-7-10(12-8)9-5-3-2-4-6-9/h2-6H,7H2,1H3. The molecular formula is C10H10N2. The van der Waals surface area contributed by atoms with E-state index in [1.807, 2.05) is 25.1 Å². The molecule has 1 aliphatic heterocycles. The van der Waals surface area contributed by atoms with E-state index in [2.05, 4.69) is 22.1 Å². The molecule has 1 heterocycles. The van der Waals surface area contributed by atoms with Crippen LogP contribution in [0.3, 0.4) is 0 Å². The molecule has 0 radical (unpaired) electrons. The van der Waals surface area contributed by atoms with Gasteiger partial charge in [-0.05, 0) is 12.5 Å². The van der Waals surface area contributed by atoms with Crippen molar-refractivity contribution in [2.75, 3.05) is 6.54 Å². The van der Waals surface area contributed by atoms with Crippen molar-refractivity contribution in [2.24, 2.45) is 9.98 Å². The number of rotatable bonds is 1. The van der Waals surface area contributed by atoms with Crippen LogP contribution in [0.15, 0.2) is 40.3 Å². The molecule has 0 aliphatic carbocycles. The minimum atomic E-state index is 0.732. The average molecular weight is 158 g/mol. The first-order valence-electron chi connectivity index (χ1n) is 4.00. The summed E-state index contributed by atoms with van der Waals surface area (Å²) in [6.07, 6.45) is 0. The van der Waals surface area contributed by atoms with Crippen molar-refractivity contribution in [1.29, 1.82) is 0 Å². The summed E-state index contributed by atoms with van der Waals surface area (Å²) in [5.74, 6) is 0.883. The zero-order chi connectivity index (χ0) is 8.39. The second-order valence-corrected chi connectivity index (χ2v) is 2.79. The van der Waals surface area contributed by atoms with Crippen LogP contribution in [0, 0.1) is 0 Å².